The number of hydrogen-bond acceptors (Lipinski definition) is 7. The highest BCUT2D eigenvalue weighted by molar-refractivity contribution is 5.85. The van der Waals surface area contributed by atoms with Crippen LogP contribution in [0.4, 0.5) is 0 Å². The molecule has 0 aromatic rings. The lowest BCUT2D eigenvalue weighted by Gasteiger charge is -2.29. The summed E-state index contributed by atoms with van der Waals surface area (Å²) in [5.74, 6) is -0.516. The molecule has 0 saturated heterocycles. The Hall–Kier alpha value is -0.890. The Bertz CT molecular complexity index is 623. The predicted octanol–water partition coefficient (Wildman–Crippen LogP) is 8.94. The van der Waals surface area contributed by atoms with Gasteiger partial charge in [-0.25, -0.2) is 0 Å². The Kier molecular flexibility index (Phi) is 36.0. The number of nitrogens with zero attached hydrogens (tertiary/aromatic N) is 1. The maximum absolute atomic E-state index is 12.6. The number of likely N-dealkylation sites (N-methyl/N-ethyl adjacent to an activating group) is 1. The van der Waals surface area contributed by atoms with Gasteiger partial charge in [0, 0.05) is 32.0 Å². The molecule has 8 heteroatoms. The molecule has 0 aliphatic carbocycles. The Morgan fingerprint density at radius 1 is 0.614 bits per heavy atom. The van der Waals surface area contributed by atoms with Crippen molar-refractivity contribution in [3.63, 3.8) is 0 Å². The first-order valence-corrected chi connectivity index (χ1v) is 18.2. The normalized spacial score (nSPS) is 12.6. The Balaban J connectivity index is 0. The number of esters is 2. The lowest BCUT2D eigenvalue weighted by Crippen LogP contribution is -2.43. The van der Waals surface area contributed by atoms with Crippen LogP contribution in [0.3, 0.4) is 0 Å². The van der Waals surface area contributed by atoms with Crippen LogP contribution in [0.1, 0.15) is 174 Å². The minimum absolute atomic E-state index is 0. The average molecular weight is 650 g/mol. The number of aliphatic hydroxyl groups is 2. The zero-order valence-corrected chi connectivity index (χ0v) is 29.9. The van der Waals surface area contributed by atoms with E-state index in [-0.39, 0.29) is 50.2 Å². The van der Waals surface area contributed by atoms with Crippen molar-refractivity contribution >= 4 is 24.3 Å². The van der Waals surface area contributed by atoms with Gasteiger partial charge in [-0.3, -0.25) is 14.5 Å². The van der Waals surface area contributed by atoms with Crippen molar-refractivity contribution in [3.05, 3.63) is 0 Å². The van der Waals surface area contributed by atoms with Crippen LogP contribution in [0.15, 0.2) is 0 Å². The van der Waals surface area contributed by atoms with Crippen molar-refractivity contribution in [1.29, 1.82) is 0 Å². The number of unbranched alkanes of at least 4 members (excludes halogenated alkanes) is 20. The van der Waals surface area contributed by atoms with E-state index in [0.717, 1.165) is 38.5 Å². The van der Waals surface area contributed by atoms with E-state index < -0.39 is 6.10 Å². The maximum Gasteiger partial charge on any atom is 0.306 e. The minimum atomic E-state index is -0.598. The van der Waals surface area contributed by atoms with Gasteiger partial charge in [-0.2, -0.15) is 0 Å². The molecule has 0 fully saturated rings. The first-order valence-electron chi connectivity index (χ1n) is 18.2. The van der Waals surface area contributed by atoms with Crippen molar-refractivity contribution in [2.24, 2.45) is 0 Å². The summed E-state index contributed by atoms with van der Waals surface area (Å²) >= 11 is 0. The topological polar surface area (TPSA) is 96.3 Å². The van der Waals surface area contributed by atoms with Gasteiger partial charge < -0.3 is 19.7 Å². The summed E-state index contributed by atoms with van der Waals surface area (Å²) in [7, 11) is 1.83. The van der Waals surface area contributed by atoms with Gasteiger partial charge >= 0.3 is 11.9 Å². The number of carbonyl (C=O) groups excluding carboxylic acids is 2. The van der Waals surface area contributed by atoms with Crippen LogP contribution in [0, 0.1) is 0 Å². The highest BCUT2D eigenvalue weighted by Gasteiger charge is 2.22. The first kappa shape index (κ1) is 45.2. The van der Waals surface area contributed by atoms with Crippen LogP contribution in [-0.2, 0) is 19.1 Å². The van der Waals surface area contributed by atoms with E-state index in [0.29, 0.717) is 25.8 Å². The smallest absolute Gasteiger partial charge is 0.306 e. The molecule has 0 aromatic carbocycles. The molecular weight excluding hydrogens is 578 g/mol. The number of hydrogen-bond donors (Lipinski definition) is 2. The lowest BCUT2D eigenvalue weighted by molar-refractivity contribution is -0.160. The predicted molar refractivity (Wildman–Crippen MR) is 185 cm³/mol. The average Bonchev–Trinajstić information content (AvgIpc) is 3.00. The molecule has 0 heterocycles. The van der Waals surface area contributed by atoms with Crippen molar-refractivity contribution in [3.8, 4) is 0 Å². The van der Waals surface area contributed by atoms with Gasteiger partial charge in [0.1, 0.15) is 12.7 Å². The van der Waals surface area contributed by atoms with Crippen LogP contribution in [0.25, 0.3) is 0 Å². The molecule has 2 atom stereocenters. The van der Waals surface area contributed by atoms with Crippen molar-refractivity contribution in [1.82, 2.24) is 4.90 Å². The van der Waals surface area contributed by atoms with E-state index in [2.05, 4.69) is 13.8 Å². The molecular formula is C36H72ClNO6. The van der Waals surface area contributed by atoms with Crippen molar-refractivity contribution in [2.45, 2.75) is 187 Å². The lowest BCUT2D eigenvalue weighted by atomic mass is 10.1. The third-order valence-corrected chi connectivity index (χ3v) is 8.49. The zero-order chi connectivity index (χ0) is 31.8. The SMILES string of the molecule is CCCCCCCCCCCCCC(=O)OCC(CN(C)C(CO)CCO)OC(=O)CCCCCCCCCCCCC.Cl. The third kappa shape index (κ3) is 29.8. The van der Waals surface area contributed by atoms with E-state index in [1.54, 1.807) is 0 Å². The molecule has 2 unspecified atom stereocenters. The van der Waals surface area contributed by atoms with Gasteiger partial charge in [0.15, 0.2) is 0 Å². The number of carbonyl (C=O) groups is 2. The largest absolute Gasteiger partial charge is 0.462 e. The van der Waals surface area contributed by atoms with E-state index in [1.165, 1.54) is 103 Å². The summed E-state index contributed by atoms with van der Waals surface area (Å²) in [6.07, 6.45) is 27.5. The second-order valence-corrected chi connectivity index (χ2v) is 12.7. The number of aliphatic hydroxyl groups excluding tert-OH is 2. The molecule has 0 aliphatic rings. The van der Waals surface area contributed by atoms with Crippen LogP contribution in [0.5, 0.6) is 0 Å². The van der Waals surface area contributed by atoms with Gasteiger partial charge in [0.2, 0.25) is 0 Å². The number of rotatable bonds is 33. The van der Waals surface area contributed by atoms with E-state index in [1.807, 2.05) is 11.9 Å². The standard InChI is InChI=1S/C36H71NO6.ClH/c1-4-6-8-10-12-14-16-18-20-22-24-26-35(40)42-32-34(30-37(3)33(31-39)28-29-38)43-36(41)27-25-23-21-19-17-15-13-11-9-7-5-2;/h33-34,38-39H,4-32H2,1-3H3;1H. The van der Waals surface area contributed by atoms with E-state index >= 15 is 0 Å². The fourth-order valence-corrected chi connectivity index (χ4v) is 5.56. The number of halogens is 1. The summed E-state index contributed by atoms with van der Waals surface area (Å²) in [6.45, 7) is 4.71. The molecule has 0 radical (unpaired) electrons. The molecule has 0 aromatic heterocycles. The summed E-state index contributed by atoms with van der Waals surface area (Å²) in [5, 5.41) is 19.0. The van der Waals surface area contributed by atoms with Crippen molar-refractivity contribution in [2.75, 3.05) is 33.4 Å². The minimum Gasteiger partial charge on any atom is -0.462 e. The van der Waals surface area contributed by atoms with Gasteiger partial charge in [-0.05, 0) is 26.3 Å². The molecule has 0 aliphatic heterocycles. The van der Waals surface area contributed by atoms with Gasteiger partial charge in [-0.15, -0.1) is 12.4 Å². The van der Waals surface area contributed by atoms with Crippen molar-refractivity contribution < 1.29 is 29.3 Å². The second kappa shape index (κ2) is 35.0. The quantitative estimate of drug-likeness (QED) is 0.0541. The Morgan fingerprint density at radius 2 is 1.00 bits per heavy atom. The van der Waals surface area contributed by atoms with E-state index in [9.17, 15) is 19.8 Å². The third-order valence-electron chi connectivity index (χ3n) is 8.49. The second-order valence-electron chi connectivity index (χ2n) is 12.7. The van der Waals surface area contributed by atoms with Crippen LogP contribution in [0.2, 0.25) is 0 Å². The maximum atomic E-state index is 12.6. The van der Waals surface area contributed by atoms with Gasteiger partial charge in [-0.1, -0.05) is 142 Å². The summed E-state index contributed by atoms with van der Waals surface area (Å²) < 4.78 is 11.3. The summed E-state index contributed by atoms with van der Waals surface area (Å²) in [4.78, 5) is 26.9. The molecule has 0 bridgehead atoms. The molecule has 0 saturated carbocycles. The van der Waals surface area contributed by atoms with Crippen LogP contribution < -0.4 is 0 Å². The first-order chi connectivity index (χ1) is 21.0. The van der Waals surface area contributed by atoms with Crippen LogP contribution in [-0.4, -0.2) is 72.6 Å². The number of ether oxygens (including phenoxy) is 2. The zero-order valence-electron chi connectivity index (χ0n) is 29.0. The van der Waals surface area contributed by atoms with E-state index in [4.69, 9.17) is 9.47 Å². The Morgan fingerprint density at radius 3 is 1.39 bits per heavy atom. The highest BCUT2D eigenvalue weighted by Crippen LogP contribution is 2.14. The highest BCUT2D eigenvalue weighted by atomic mass is 35.5. The molecule has 44 heavy (non-hydrogen) atoms. The summed E-state index contributed by atoms with van der Waals surface area (Å²) in [5.41, 5.74) is 0. The fourth-order valence-electron chi connectivity index (χ4n) is 5.56. The summed E-state index contributed by atoms with van der Waals surface area (Å²) in [6, 6.07) is -0.245. The van der Waals surface area contributed by atoms with Gasteiger partial charge in [0.25, 0.3) is 0 Å². The molecule has 0 amide bonds. The van der Waals surface area contributed by atoms with Crippen LogP contribution >= 0.6 is 12.4 Å². The molecule has 2 N–H and O–H groups in total. The molecule has 0 rings (SSSR count). The monoisotopic (exact) mass is 650 g/mol. The molecule has 0 spiro atoms. The van der Waals surface area contributed by atoms with Gasteiger partial charge in [0.05, 0.1) is 6.61 Å². The molecule has 7 nitrogen and oxygen atoms in total. The fraction of sp³-hybridized carbons (Fsp3) is 0.944. The Labute approximate surface area is 278 Å². The molecule has 264 valence electrons.